The van der Waals surface area contributed by atoms with Crippen molar-refractivity contribution in [2.24, 2.45) is 5.92 Å². The second-order valence-corrected chi connectivity index (χ2v) is 8.27. The summed E-state index contributed by atoms with van der Waals surface area (Å²) in [6.07, 6.45) is 4.97. The highest BCUT2D eigenvalue weighted by Gasteiger charge is 2.22. The van der Waals surface area contributed by atoms with E-state index in [0.717, 1.165) is 24.1 Å². The predicted molar refractivity (Wildman–Crippen MR) is 130 cm³/mol. The highest BCUT2D eigenvalue weighted by Crippen LogP contribution is 2.31. The summed E-state index contributed by atoms with van der Waals surface area (Å²) in [5, 5.41) is 18.3. The predicted octanol–water partition coefficient (Wildman–Crippen LogP) is 3.86. The Morgan fingerprint density at radius 3 is 2.40 bits per heavy atom. The molecule has 1 aromatic heterocycles. The number of ether oxygens (including phenoxy) is 1. The van der Waals surface area contributed by atoms with Crippen LogP contribution >= 0.6 is 0 Å². The zero-order valence-electron chi connectivity index (χ0n) is 19.4. The van der Waals surface area contributed by atoms with Crippen LogP contribution in [0.2, 0.25) is 0 Å². The molecule has 7 heteroatoms. The maximum Gasteiger partial charge on any atom is 0.260 e. The van der Waals surface area contributed by atoms with Gasteiger partial charge in [0.25, 0.3) is 5.91 Å². The molecule has 35 heavy (non-hydrogen) atoms. The van der Waals surface area contributed by atoms with E-state index in [-0.39, 0.29) is 18.4 Å². The molecule has 0 saturated carbocycles. The smallest absolute Gasteiger partial charge is 0.260 e. The number of hydrogen-bond donors (Lipinski definition) is 0. The maximum absolute atomic E-state index is 12.8. The fourth-order valence-corrected chi connectivity index (χ4v) is 3.81. The van der Waals surface area contributed by atoms with Crippen molar-refractivity contribution in [3.05, 3.63) is 77.4 Å². The number of carbonyl (C=O) groups excluding carboxylic acids is 1. The number of likely N-dealkylation sites (tertiary alicyclic amines) is 1. The van der Waals surface area contributed by atoms with Crippen LogP contribution in [0.25, 0.3) is 11.1 Å². The van der Waals surface area contributed by atoms with Crippen LogP contribution in [0.1, 0.15) is 35.4 Å². The van der Waals surface area contributed by atoms with Gasteiger partial charge in [-0.3, -0.25) is 9.78 Å². The molecule has 0 aliphatic carbocycles. The van der Waals surface area contributed by atoms with Gasteiger partial charge in [0, 0.05) is 30.8 Å². The standard InChI is InChI=1S/C28H23N5O2/c1-20-17-32-25(18-31-20)8-4-21-10-12-33(13-11-21)28(34)19-35-27-9-5-23(16-30)14-26(27)24-6-2-22(15-29)3-7-24/h2-3,5-7,9,14,17-18,21H,10-13,19H2,1H3. The van der Waals surface area contributed by atoms with Crippen molar-refractivity contribution in [3.63, 3.8) is 0 Å². The van der Waals surface area contributed by atoms with Crippen molar-refractivity contribution in [3.8, 4) is 40.9 Å². The average Bonchev–Trinajstić information content (AvgIpc) is 2.91. The van der Waals surface area contributed by atoms with E-state index in [1.165, 1.54) is 0 Å². The molecule has 0 radical (unpaired) electrons. The maximum atomic E-state index is 12.8. The molecule has 0 atom stereocenters. The summed E-state index contributed by atoms with van der Waals surface area (Å²) in [5.74, 6) is 6.97. The Kier molecular flexibility index (Phi) is 7.36. The molecule has 4 rings (SSSR count). The van der Waals surface area contributed by atoms with Gasteiger partial charge in [-0.05, 0) is 61.6 Å². The van der Waals surface area contributed by atoms with Gasteiger partial charge in [-0.25, -0.2) is 4.98 Å². The normalized spacial score (nSPS) is 13.2. The van der Waals surface area contributed by atoms with E-state index in [4.69, 9.17) is 10.00 Å². The highest BCUT2D eigenvalue weighted by molar-refractivity contribution is 5.79. The lowest BCUT2D eigenvalue weighted by atomic mass is 9.97. The molecule has 2 aromatic carbocycles. The van der Waals surface area contributed by atoms with Crippen LogP contribution in [0.15, 0.2) is 54.9 Å². The Morgan fingerprint density at radius 1 is 1.03 bits per heavy atom. The molecule has 0 unspecified atom stereocenters. The van der Waals surface area contributed by atoms with Gasteiger partial charge < -0.3 is 9.64 Å². The minimum Gasteiger partial charge on any atom is -0.483 e. The van der Waals surface area contributed by atoms with Crippen molar-refractivity contribution < 1.29 is 9.53 Å². The first-order chi connectivity index (χ1) is 17.1. The lowest BCUT2D eigenvalue weighted by molar-refractivity contribution is -0.134. The molecule has 1 aliphatic rings. The fraction of sp³-hybridized carbons (Fsp3) is 0.250. The molecular formula is C28H23N5O2. The summed E-state index contributed by atoms with van der Waals surface area (Å²) >= 11 is 0. The summed E-state index contributed by atoms with van der Waals surface area (Å²) in [6.45, 7) is 3.04. The molecule has 3 aromatic rings. The number of carbonyl (C=O) groups is 1. The number of piperidine rings is 1. The van der Waals surface area contributed by atoms with Gasteiger partial charge in [-0.1, -0.05) is 18.1 Å². The van der Waals surface area contributed by atoms with Crippen molar-refractivity contribution in [1.82, 2.24) is 14.9 Å². The summed E-state index contributed by atoms with van der Waals surface area (Å²) in [7, 11) is 0. The monoisotopic (exact) mass is 461 g/mol. The molecule has 172 valence electrons. The number of aromatic nitrogens is 2. The second-order valence-electron chi connectivity index (χ2n) is 8.27. The quantitative estimate of drug-likeness (QED) is 0.547. The minimum atomic E-state index is -0.0928. The van der Waals surface area contributed by atoms with Gasteiger partial charge in [0.05, 0.1) is 35.2 Å². The summed E-state index contributed by atoms with van der Waals surface area (Å²) in [6, 6.07) is 16.3. The lowest BCUT2D eigenvalue weighted by Gasteiger charge is -2.29. The van der Waals surface area contributed by atoms with Gasteiger partial charge in [-0.15, -0.1) is 0 Å². The Morgan fingerprint density at radius 2 is 1.74 bits per heavy atom. The fourth-order valence-electron chi connectivity index (χ4n) is 3.81. The van der Waals surface area contributed by atoms with Crippen molar-refractivity contribution >= 4 is 5.91 Å². The number of nitrogens with zero attached hydrogens (tertiary/aromatic N) is 5. The lowest BCUT2D eigenvalue weighted by Crippen LogP contribution is -2.40. The molecule has 7 nitrogen and oxygen atoms in total. The molecule has 0 N–H and O–H groups in total. The van der Waals surface area contributed by atoms with Gasteiger partial charge in [-0.2, -0.15) is 10.5 Å². The molecule has 0 spiro atoms. The van der Waals surface area contributed by atoms with Crippen LogP contribution in [-0.4, -0.2) is 40.5 Å². The molecule has 1 saturated heterocycles. The largest absolute Gasteiger partial charge is 0.483 e. The topological polar surface area (TPSA) is 103 Å². The van der Waals surface area contributed by atoms with Crippen molar-refractivity contribution in [1.29, 1.82) is 10.5 Å². The van der Waals surface area contributed by atoms with E-state index in [1.807, 2.05) is 6.92 Å². The van der Waals surface area contributed by atoms with Crippen molar-refractivity contribution in [2.45, 2.75) is 19.8 Å². The van der Waals surface area contributed by atoms with E-state index in [1.54, 1.807) is 59.8 Å². The summed E-state index contributed by atoms with van der Waals surface area (Å²) < 4.78 is 5.90. The van der Waals surface area contributed by atoms with Crippen LogP contribution in [0.3, 0.4) is 0 Å². The molecule has 1 amide bonds. The van der Waals surface area contributed by atoms with E-state index in [2.05, 4.69) is 33.9 Å². The number of amides is 1. The van der Waals surface area contributed by atoms with E-state index >= 15 is 0 Å². The Bertz CT molecular complexity index is 1350. The minimum absolute atomic E-state index is 0.0871. The highest BCUT2D eigenvalue weighted by atomic mass is 16.5. The Balaban J connectivity index is 1.36. The first kappa shape index (κ1) is 23.5. The van der Waals surface area contributed by atoms with Gasteiger partial charge in [0.1, 0.15) is 11.4 Å². The Labute approximate surface area is 204 Å². The first-order valence-corrected chi connectivity index (χ1v) is 11.3. The van der Waals surface area contributed by atoms with Crippen LogP contribution in [0.5, 0.6) is 5.75 Å². The zero-order valence-corrected chi connectivity index (χ0v) is 19.4. The zero-order chi connectivity index (χ0) is 24.6. The molecule has 2 heterocycles. The molecule has 1 fully saturated rings. The summed E-state index contributed by atoms with van der Waals surface area (Å²) in [4.78, 5) is 23.1. The van der Waals surface area contributed by atoms with Crippen molar-refractivity contribution in [2.75, 3.05) is 19.7 Å². The number of rotatable bonds is 4. The van der Waals surface area contributed by atoms with Gasteiger partial charge in [0.2, 0.25) is 0 Å². The number of nitriles is 2. The van der Waals surface area contributed by atoms with E-state index in [0.29, 0.717) is 41.2 Å². The molecular weight excluding hydrogens is 438 g/mol. The van der Waals surface area contributed by atoms with Crippen LogP contribution in [0, 0.1) is 47.3 Å². The number of aryl methyl sites for hydroxylation is 1. The van der Waals surface area contributed by atoms with Crippen LogP contribution in [-0.2, 0) is 4.79 Å². The van der Waals surface area contributed by atoms with Gasteiger partial charge >= 0.3 is 0 Å². The van der Waals surface area contributed by atoms with Gasteiger partial charge in [0.15, 0.2) is 6.61 Å². The third kappa shape index (κ3) is 6.02. The van der Waals surface area contributed by atoms with E-state index < -0.39 is 0 Å². The van der Waals surface area contributed by atoms with Crippen LogP contribution in [0.4, 0.5) is 0 Å². The average molecular weight is 462 g/mol. The first-order valence-electron chi connectivity index (χ1n) is 11.3. The SMILES string of the molecule is Cc1cnc(C#CC2CCN(C(=O)COc3ccc(C#N)cc3-c3ccc(C#N)cc3)CC2)cn1. The Hall–Kier alpha value is -4.67. The molecule has 1 aliphatic heterocycles. The van der Waals surface area contributed by atoms with E-state index in [9.17, 15) is 10.1 Å². The number of benzene rings is 2. The second kappa shape index (κ2) is 11.0. The van der Waals surface area contributed by atoms with Crippen LogP contribution < -0.4 is 4.74 Å². The number of hydrogen-bond acceptors (Lipinski definition) is 6. The summed E-state index contributed by atoms with van der Waals surface area (Å²) in [5.41, 5.74) is 4.05. The third-order valence-electron chi connectivity index (χ3n) is 5.82. The third-order valence-corrected chi connectivity index (χ3v) is 5.82. The molecule has 0 bridgehead atoms.